The lowest BCUT2D eigenvalue weighted by molar-refractivity contribution is -0.115. The van der Waals surface area contributed by atoms with Crippen LogP contribution in [0.1, 0.15) is 12.5 Å². The van der Waals surface area contributed by atoms with Gasteiger partial charge in [-0.1, -0.05) is 42.5 Å². The standard InChI is InChI=1S/C22H25NO4.ClH/c1-18(24)22(17-19-7-3-2-4-8-19)27-21-10-6-5-9-20(21)26-16-13-23-11-14-25-15-12-23;/h2-10,17H,11-16H2,1H3;1H/b22-17+;. The van der Waals surface area contributed by atoms with E-state index in [1.165, 1.54) is 6.92 Å². The van der Waals surface area contributed by atoms with Crippen LogP contribution in [-0.2, 0) is 9.53 Å². The molecule has 2 aromatic carbocycles. The number of halogens is 1. The summed E-state index contributed by atoms with van der Waals surface area (Å²) < 4.78 is 17.2. The van der Waals surface area contributed by atoms with Gasteiger partial charge in [0.25, 0.3) is 0 Å². The second-order valence-electron chi connectivity index (χ2n) is 6.33. The van der Waals surface area contributed by atoms with Gasteiger partial charge in [0.05, 0.1) is 13.2 Å². The molecule has 1 aliphatic heterocycles. The maximum Gasteiger partial charge on any atom is 0.194 e. The van der Waals surface area contributed by atoms with Crippen LogP contribution < -0.4 is 9.47 Å². The number of morpholine rings is 1. The number of nitrogens with zero attached hydrogens (tertiary/aromatic N) is 1. The minimum Gasteiger partial charge on any atom is -0.488 e. The molecule has 3 rings (SSSR count). The van der Waals surface area contributed by atoms with Crippen LogP contribution in [0.25, 0.3) is 6.08 Å². The zero-order valence-corrected chi connectivity index (χ0v) is 16.8. The fourth-order valence-electron chi connectivity index (χ4n) is 2.79. The number of rotatable bonds is 8. The maximum atomic E-state index is 12.0. The minimum absolute atomic E-state index is 0. The first-order chi connectivity index (χ1) is 13.2. The molecule has 0 unspecified atom stereocenters. The Morgan fingerprint density at radius 1 is 1.04 bits per heavy atom. The topological polar surface area (TPSA) is 48.0 Å². The highest BCUT2D eigenvalue weighted by Gasteiger charge is 2.13. The fourth-order valence-corrected chi connectivity index (χ4v) is 2.79. The van der Waals surface area contributed by atoms with Crippen LogP contribution in [0.3, 0.4) is 0 Å². The van der Waals surface area contributed by atoms with Crippen LogP contribution >= 0.6 is 12.4 Å². The Kier molecular flexibility index (Phi) is 9.01. The van der Waals surface area contributed by atoms with Crippen molar-refractivity contribution in [3.05, 3.63) is 65.9 Å². The van der Waals surface area contributed by atoms with E-state index in [4.69, 9.17) is 14.2 Å². The van der Waals surface area contributed by atoms with E-state index < -0.39 is 0 Å². The van der Waals surface area contributed by atoms with E-state index in [1.54, 1.807) is 6.08 Å². The van der Waals surface area contributed by atoms with Crippen molar-refractivity contribution >= 4 is 24.3 Å². The SMILES string of the molecule is CC(=O)/C(=C\c1ccccc1)Oc1ccccc1OCCN1CCOCC1.Cl. The zero-order valence-electron chi connectivity index (χ0n) is 16.0. The van der Waals surface area contributed by atoms with Gasteiger partial charge in [-0.25, -0.2) is 0 Å². The summed E-state index contributed by atoms with van der Waals surface area (Å²) in [5.74, 6) is 1.32. The third kappa shape index (κ3) is 6.68. The van der Waals surface area contributed by atoms with Crippen molar-refractivity contribution < 1.29 is 19.0 Å². The van der Waals surface area contributed by atoms with E-state index in [0.717, 1.165) is 38.4 Å². The quantitative estimate of drug-likeness (QED) is 0.495. The Labute approximate surface area is 172 Å². The average Bonchev–Trinajstić information content (AvgIpc) is 2.70. The molecule has 1 fully saturated rings. The number of benzene rings is 2. The lowest BCUT2D eigenvalue weighted by atomic mass is 10.2. The van der Waals surface area contributed by atoms with Crippen LogP contribution in [0.4, 0.5) is 0 Å². The second-order valence-corrected chi connectivity index (χ2v) is 6.33. The van der Waals surface area contributed by atoms with Gasteiger partial charge in [0.15, 0.2) is 23.0 Å². The monoisotopic (exact) mass is 403 g/mol. The number of hydrogen-bond donors (Lipinski definition) is 0. The Balaban J connectivity index is 0.00000280. The second kappa shape index (κ2) is 11.5. The van der Waals surface area contributed by atoms with Gasteiger partial charge in [-0.05, 0) is 23.8 Å². The van der Waals surface area contributed by atoms with Crippen LogP contribution in [0.15, 0.2) is 60.4 Å². The van der Waals surface area contributed by atoms with Gasteiger partial charge in [-0.2, -0.15) is 0 Å². The number of allylic oxidation sites excluding steroid dienone is 1. The van der Waals surface area contributed by atoms with Gasteiger partial charge in [0.1, 0.15) is 6.61 Å². The molecule has 0 radical (unpaired) electrons. The van der Waals surface area contributed by atoms with E-state index in [2.05, 4.69) is 4.90 Å². The van der Waals surface area contributed by atoms with E-state index in [1.807, 2.05) is 54.6 Å². The number of Topliss-reactive ketones (excluding diaryl/α,β-unsaturated/α-hetero) is 1. The number of hydrogen-bond acceptors (Lipinski definition) is 5. The summed E-state index contributed by atoms with van der Waals surface area (Å²) in [6.07, 6.45) is 1.74. The lowest BCUT2D eigenvalue weighted by Gasteiger charge is -2.26. The van der Waals surface area contributed by atoms with Gasteiger partial charge in [0, 0.05) is 26.6 Å². The van der Waals surface area contributed by atoms with E-state index >= 15 is 0 Å². The number of ether oxygens (including phenoxy) is 3. The molecule has 0 bridgehead atoms. The summed E-state index contributed by atoms with van der Waals surface area (Å²) >= 11 is 0. The van der Waals surface area contributed by atoms with Gasteiger partial charge in [-0.15, -0.1) is 12.4 Å². The normalized spacial score (nSPS) is 14.8. The summed E-state index contributed by atoms with van der Waals surface area (Å²) in [6.45, 7) is 6.27. The zero-order chi connectivity index (χ0) is 18.9. The van der Waals surface area contributed by atoms with Crippen LogP contribution in [0.5, 0.6) is 11.5 Å². The molecular formula is C22H26ClNO4. The number of para-hydroxylation sites is 2. The largest absolute Gasteiger partial charge is 0.488 e. The molecule has 1 heterocycles. The van der Waals surface area contributed by atoms with Crippen LogP contribution in [0, 0.1) is 0 Å². The highest BCUT2D eigenvalue weighted by Crippen LogP contribution is 2.29. The summed E-state index contributed by atoms with van der Waals surface area (Å²) in [6, 6.07) is 17.1. The molecule has 0 spiro atoms. The number of carbonyl (C=O) groups is 1. The first kappa shape index (κ1) is 22.0. The summed E-state index contributed by atoms with van der Waals surface area (Å²) in [5, 5.41) is 0. The predicted octanol–water partition coefficient (Wildman–Crippen LogP) is 3.83. The molecule has 5 nitrogen and oxygen atoms in total. The van der Waals surface area contributed by atoms with Gasteiger partial charge >= 0.3 is 0 Å². The lowest BCUT2D eigenvalue weighted by Crippen LogP contribution is -2.38. The molecule has 1 aliphatic rings. The molecule has 2 aromatic rings. The molecule has 0 aromatic heterocycles. The van der Waals surface area contributed by atoms with E-state index in [0.29, 0.717) is 18.1 Å². The first-order valence-electron chi connectivity index (χ1n) is 9.20. The van der Waals surface area contributed by atoms with Gasteiger partial charge < -0.3 is 14.2 Å². The summed E-state index contributed by atoms with van der Waals surface area (Å²) in [7, 11) is 0. The Morgan fingerprint density at radius 2 is 1.68 bits per heavy atom. The van der Waals surface area contributed by atoms with Crippen molar-refractivity contribution in [2.75, 3.05) is 39.5 Å². The van der Waals surface area contributed by atoms with Crippen LogP contribution in [-0.4, -0.2) is 50.1 Å². The first-order valence-corrected chi connectivity index (χ1v) is 9.20. The molecule has 0 atom stereocenters. The molecule has 6 heteroatoms. The van der Waals surface area contributed by atoms with Crippen LogP contribution in [0.2, 0.25) is 0 Å². The minimum atomic E-state index is -0.137. The third-order valence-corrected chi connectivity index (χ3v) is 4.28. The smallest absolute Gasteiger partial charge is 0.194 e. The molecular weight excluding hydrogens is 378 g/mol. The molecule has 0 N–H and O–H groups in total. The van der Waals surface area contributed by atoms with Crippen molar-refractivity contribution in [3.8, 4) is 11.5 Å². The van der Waals surface area contributed by atoms with Crippen molar-refractivity contribution in [1.82, 2.24) is 4.90 Å². The fraction of sp³-hybridized carbons (Fsp3) is 0.318. The van der Waals surface area contributed by atoms with Gasteiger partial charge in [-0.3, -0.25) is 9.69 Å². The van der Waals surface area contributed by atoms with Gasteiger partial charge in [0.2, 0.25) is 0 Å². The maximum absolute atomic E-state index is 12.0. The Hall–Kier alpha value is -2.34. The predicted molar refractivity (Wildman–Crippen MR) is 112 cm³/mol. The Bertz CT molecular complexity index is 773. The molecule has 0 amide bonds. The van der Waals surface area contributed by atoms with E-state index in [-0.39, 0.29) is 23.9 Å². The van der Waals surface area contributed by atoms with Crippen molar-refractivity contribution in [3.63, 3.8) is 0 Å². The molecule has 28 heavy (non-hydrogen) atoms. The van der Waals surface area contributed by atoms with Crippen molar-refractivity contribution in [2.24, 2.45) is 0 Å². The summed E-state index contributed by atoms with van der Waals surface area (Å²) in [5.41, 5.74) is 0.911. The highest BCUT2D eigenvalue weighted by molar-refractivity contribution is 5.96. The number of ketones is 1. The summed E-state index contributed by atoms with van der Waals surface area (Å²) in [4.78, 5) is 14.3. The molecule has 1 saturated heterocycles. The van der Waals surface area contributed by atoms with Crippen molar-refractivity contribution in [2.45, 2.75) is 6.92 Å². The van der Waals surface area contributed by atoms with E-state index in [9.17, 15) is 4.79 Å². The molecule has 0 aliphatic carbocycles. The van der Waals surface area contributed by atoms with Crippen molar-refractivity contribution in [1.29, 1.82) is 0 Å². The Morgan fingerprint density at radius 3 is 2.36 bits per heavy atom. The molecule has 0 saturated carbocycles. The average molecular weight is 404 g/mol. The highest BCUT2D eigenvalue weighted by atomic mass is 35.5. The number of carbonyl (C=O) groups excluding carboxylic acids is 1. The molecule has 150 valence electrons. The third-order valence-electron chi connectivity index (χ3n) is 4.28.